The number of carbonyl (C=O) groups is 2. The Morgan fingerprint density at radius 3 is 2.44 bits per heavy atom. The molecule has 0 unspecified atom stereocenters. The first-order valence-electron chi connectivity index (χ1n) is 7.97. The Morgan fingerprint density at radius 2 is 1.76 bits per heavy atom. The van der Waals surface area contributed by atoms with Crippen molar-refractivity contribution in [2.75, 3.05) is 13.2 Å². The van der Waals surface area contributed by atoms with Gasteiger partial charge in [-0.3, -0.25) is 0 Å². The van der Waals surface area contributed by atoms with Crippen LogP contribution in [-0.2, 0) is 4.74 Å². The van der Waals surface area contributed by atoms with Crippen LogP contribution < -0.4 is 9.47 Å². The minimum atomic E-state index is -0.541. The number of rotatable bonds is 8. The molecule has 5 heteroatoms. The maximum Gasteiger partial charge on any atom is 0.347 e. The third-order valence-corrected chi connectivity index (χ3v) is 3.20. The molecule has 25 heavy (non-hydrogen) atoms. The first-order chi connectivity index (χ1) is 12.2. The van der Waals surface area contributed by atoms with Gasteiger partial charge in [-0.15, -0.1) is 0 Å². The number of esters is 2. The lowest BCUT2D eigenvalue weighted by atomic mass is 10.2. The van der Waals surface area contributed by atoms with Crippen molar-refractivity contribution < 1.29 is 23.8 Å². The summed E-state index contributed by atoms with van der Waals surface area (Å²) in [5.74, 6) is -0.188. The second-order valence-corrected chi connectivity index (χ2v) is 5.15. The van der Waals surface area contributed by atoms with E-state index in [1.807, 2.05) is 6.92 Å². The van der Waals surface area contributed by atoms with E-state index < -0.39 is 11.9 Å². The maximum absolute atomic E-state index is 12.3. The zero-order valence-electron chi connectivity index (χ0n) is 14.1. The van der Waals surface area contributed by atoms with Crippen molar-refractivity contribution in [3.63, 3.8) is 0 Å². The average Bonchev–Trinajstić information content (AvgIpc) is 2.65. The zero-order chi connectivity index (χ0) is 18.1. The predicted octanol–water partition coefficient (Wildman–Crippen LogP) is 4.04. The smallest absolute Gasteiger partial charge is 0.347 e. The highest BCUT2D eigenvalue weighted by molar-refractivity contribution is 5.94. The van der Waals surface area contributed by atoms with E-state index in [0.29, 0.717) is 35.8 Å². The number of para-hydroxylation sites is 1. The highest BCUT2D eigenvalue weighted by atomic mass is 16.5. The molecule has 2 aromatic carbocycles. The molecule has 130 valence electrons. The minimum absolute atomic E-state index is 0.291. The highest BCUT2D eigenvalue weighted by Crippen LogP contribution is 2.21. The Hall–Kier alpha value is -3.08. The summed E-state index contributed by atoms with van der Waals surface area (Å²) >= 11 is 0. The van der Waals surface area contributed by atoms with Gasteiger partial charge >= 0.3 is 11.9 Å². The van der Waals surface area contributed by atoms with Gasteiger partial charge in [-0.25, -0.2) is 9.59 Å². The third-order valence-electron chi connectivity index (χ3n) is 3.20. The van der Waals surface area contributed by atoms with E-state index in [4.69, 9.17) is 14.2 Å². The second kappa shape index (κ2) is 9.27. The fraction of sp³-hybridized carbons (Fsp3) is 0.200. The van der Waals surface area contributed by atoms with Crippen LogP contribution in [-0.4, -0.2) is 25.2 Å². The number of ether oxygens (including phenoxy) is 3. The third kappa shape index (κ3) is 5.21. The van der Waals surface area contributed by atoms with Gasteiger partial charge in [-0.2, -0.15) is 0 Å². The van der Waals surface area contributed by atoms with Crippen LogP contribution in [0.2, 0.25) is 0 Å². The van der Waals surface area contributed by atoms with Gasteiger partial charge in [0.1, 0.15) is 23.7 Å². The average molecular weight is 340 g/mol. The lowest BCUT2D eigenvalue weighted by Crippen LogP contribution is -2.11. The minimum Gasteiger partial charge on any atom is -0.489 e. The molecular weight excluding hydrogens is 320 g/mol. The van der Waals surface area contributed by atoms with Crippen LogP contribution in [0.3, 0.4) is 0 Å². The largest absolute Gasteiger partial charge is 0.489 e. The molecule has 0 atom stereocenters. The molecule has 0 saturated heterocycles. The molecule has 0 fully saturated rings. The van der Waals surface area contributed by atoms with Gasteiger partial charge < -0.3 is 14.2 Å². The van der Waals surface area contributed by atoms with E-state index in [-0.39, 0.29) is 0 Å². The summed E-state index contributed by atoms with van der Waals surface area (Å²) < 4.78 is 15.8. The molecule has 2 aromatic rings. The van der Waals surface area contributed by atoms with E-state index in [2.05, 4.69) is 6.58 Å². The molecule has 0 heterocycles. The summed E-state index contributed by atoms with van der Waals surface area (Å²) in [5, 5.41) is 0. The summed E-state index contributed by atoms with van der Waals surface area (Å²) in [6.07, 6.45) is 2.35. The van der Waals surface area contributed by atoms with Gasteiger partial charge in [0.25, 0.3) is 0 Å². The van der Waals surface area contributed by atoms with E-state index in [9.17, 15) is 9.59 Å². The van der Waals surface area contributed by atoms with Crippen molar-refractivity contribution in [2.24, 2.45) is 0 Å². The molecule has 0 aliphatic heterocycles. The molecule has 0 saturated carbocycles. The van der Waals surface area contributed by atoms with E-state index in [1.165, 1.54) is 0 Å². The Bertz CT molecular complexity index is 734. The first-order valence-corrected chi connectivity index (χ1v) is 7.97. The van der Waals surface area contributed by atoms with Crippen molar-refractivity contribution in [3.8, 4) is 11.5 Å². The topological polar surface area (TPSA) is 61.8 Å². The zero-order valence-corrected chi connectivity index (χ0v) is 14.1. The van der Waals surface area contributed by atoms with Gasteiger partial charge in [0, 0.05) is 0 Å². The summed E-state index contributed by atoms with van der Waals surface area (Å²) in [4.78, 5) is 24.1. The highest BCUT2D eigenvalue weighted by Gasteiger charge is 2.15. The molecule has 0 spiro atoms. The summed E-state index contributed by atoms with van der Waals surface area (Å²) in [5.41, 5.74) is 0.721. The monoisotopic (exact) mass is 340 g/mol. The van der Waals surface area contributed by atoms with Crippen molar-refractivity contribution in [1.29, 1.82) is 0 Å². The number of benzene rings is 2. The number of hydrogen-bond acceptors (Lipinski definition) is 5. The molecular formula is C20H20O5. The van der Waals surface area contributed by atoms with Crippen LogP contribution in [0.15, 0.2) is 61.2 Å². The van der Waals surface area contributed by atoms with Gasteiger partial charge in [0.05, 0.1) is 12.2 Å². The Kier molecular flexibility index (Phi) is 6.77. The van der Waals surface area contributed by atoms with Gasteiger partial charge in [-0.1, -0.05) is 31.7 Å². The molecule has 0 N–H and O–H groups in total. The lowest BCUT2D eigenvalue weighted by Gasteiger charge is -2.10. The Labute approximate surface area is 146 Å². The Balaban J connectivity index is 2.06. The van der Waals surface area contributed by atoms with E-state index in [0.717, 1.165) is 6.42 Å². The fourth-order valence-corrected chi connectivity index (χ4v) is 2.01. The first kappa shape index (κ1) is 18.3. The normalized spacial score (nSPS) is 9.96. The van der Waals surface area contributed by atoms with Gasteiger partial charge in [-0.05, 0) is 42.8 Å². The predicted molar refractivity (Wildman–Crippen MR) is 94.1 cm³/mol. The quantitative estimate of drug-likeness (QED) is 0.412. The van der Waals surface area contributed by atoms with E-state index in [1.54, 1.807) is 54.6 Å². The van der Waals surface area contributed by atoms with Crippen LogP contribution >= 0.6 is 0 Å². The van der Waals surface area contributed by atoms with Crippen LogP contribution in [0, 0.1) is 0 Å². The molecule has 0 aromatic heterocycles. The molecule has 0 aliphatic carbocycles. The summed E-state index contributed by atoms with van der Waals surface area (Å²) in [7, 11) is 0. The van der Waals surface area contributed by atoms with Crippen LogP contribution in [0.25, 0.3) is 0 Å². The molecule has 0 aliphatic rings. The lowest BCUT2D eigenvalue weighted by molar-refractivity contribution is 0.0505. The maximum atomic E-state index is 12.3. The van der Waals surface area contributed by atoms with Crippen LogP contribution in [0.5, 0.6) is 11.5 Å². The molecule has 0 amide bonds. The van der Waals surface area contributed by atoms with E-state index >= 15 is 0 Å². The molecule has 5 nitrogen and oxygen atoms in total. The molecule has 2 rings (SSSR count). The summed E-state index contributed by atoms with van der Waals surface area (Å²) in [6, 6.07) is 13.0. The number of hydrogen-bond donors (Lipinski definition) is 0. The second-order valence-electron chi connectivity index (χ2n) is 5.15. The molecule has 0 radical (unpaired) electrons. The van der Waals surface area contributed by atoms with Gasteiger partial charge in [0.15, 0.2) is 0 Å². The fourth-order valence-electron chi connectivity index (χ4n) is 2.01. The Morgan fingerprint density at radius 1 is 1.04 bits per heavy atom. The van der Waals surface area contributed by atoms with Crippen molar-refractivity contribution in [1.82, 2.24) is 0 Å². The van der Waals surface area contributed by atoms with Gasteiger partial charge in [0.2, 0.25) is 0 Å². The standard InChI is InChI=1S/C20H20O5/c1-3-13-23-18-8-6-5-7-17(18)20(22)25-16-11-9-15(10-12-16)19(21)24-14-4-2/h3,5-12H,1,4,13-14H2,2H3. The SMILES string of the molecule is C=CCOc1ccccc1C(=O)Oc1ccc(C(=O)OCCC)cc1. The van der Waals surface area contributed by atoms with Crippen molar-refractivity contribution in [3.05, 3.63) is 72.3 Å². The van der Waals surface area contributed by atoms with Crippen LogP contribution in [0.1, 0.15) is 34.1 Å². The molecule has 0 bridgehead atoms. The van der Waals surface area contributed by atoms with Crippen LogP contribution in [0.4, 0.5) is 0 Å². The van der Waals surface area contributed by atoms with Crippen molar-refractivity contribution in [2.45, 2.75) is 13.3 Å². The summed E-state index contributed by atoms with van der Waals surface area (Å²) in [6.45, 7) is 6.17. The number of carbonyl (C=O) groups excluding carboxylic acids is 2. The van der Waals surface area contributed by atoms with Crippen molar-refractivity contribution >= 4 is 11.9 Å².